The molecule has 0 bridgehead atoms. The van der Waals surface area contributed by atoms with Crippen molar-refractivity contribution in [1.29, 1.82) is 0 Å². The summed E-state index contributed by atoms with van der Waals surface area (Å²) >= 11 is 3.01. The van der Waals surface area contributed by atoms with E-state index in [1.807, 2.05) is 0 Å². The predicted molar refractivity (Wildman–Crippen MR) is 65.8 cm³/mol. The summed E-state index contributed by atoms with van der Waals surface area (Å²) in [5.74, 6) is -0.470. The Hall–Kier alpha value is -0.620. The summed E-state index contributed by atoms with van der Waals surface area (Å²) in [7, 11) is 0. The zero-order valence-corrected chi connectivity index (χ0v) is 11.4. The van der Waals surface area contributed by atoms with Gasteiger partial charge in [0.15, 0.2) is 0 Å². The van der Waals surface area contributed by atoms with Crippen molar-refractivity contribution in [2.75, 3.05) is 6.54 Å². The molecule has 0 spiro atoms. The maximum absolute atomic E-state index is 13.4. The minimum absolute atomic E-state index is 0.0988. The van der Waals surface area contributed by atoms with Crippen LogP contribution in [0.5, 0.6) is 0 Å². The molecule has 0 aliphatic carbocycles. The lowest BCUT2D eigenvalue weighted by Gasteiger charge is -2.19. The third-order valence-electron chi connectivity index (χ3n) is 2.51. The topological polar surface area (TPSA) is 12.0 Å². The third-order valence-corrected chi connectivity index (χ3v) is 3.16. The summed E-state index contributed by atoms with van der Waals surface area (Å²) in [6, 6.07) is 3.90. The van der Waals surface area contributed by atoms with Crippen molar-refractivity contribution in [3.63, 3.8) is 0 Å². The van der Waals surface area contributed by atoms with Crippen molar-refractivity contribution in [3.8, 4) is 0 Å². The number of hydrogen-bond acceptors (Lipinski definition) is 1. The highest BCUT2D eigenvalue weighted by atomic mass is 79.9. The van der Waals surface area contributed by atoms with Crippen LogP contribution in [0.2, 0.25) is 0 Å². The molecule has 1 N–H and O–H groups in total. The van der Waals surface area contributed by atoms with Gasteiger partial charge in [-0.25, -0.2) is 4.39 Å². The Morgan fingerprint density at radius 2 is 2.00 bits per heavy atom. The van der Waals surface area contributed by atoms with Crippen LogP contribution < -0.4 is 5.32 Å². The van der Waals surface area contributed by atoms with Crippen LogP contribution in [0, 0.1) is 5.82 Å². The SMILES string of the molecule is CCNC(CCC(F)(F)F)c1ccc(Br)c(F)c1. The van der Waals surface area contributed by atoms with Crippen molar-refractivity contribution in [1.82, 2.24) is 5.32 Å². The zero-order valence-electron chi connectivity index (χ0n) is 9.82. The molecule has 1 aromatic rings. The highest BCUT2D eigenvalue weighted by molar-refractivity contribution is 9.10. The molecule has 0 saturated carbocycles. The number of nitrogens with one attached hydrogen (secondary N) is 1. The summed E-state index contributed by atoms with van der Waals surface area (Å²) < 4.78 is 50.3. The average molecular weight is 328 g/mol. The summed E-state index contributed by atoms with van der Waals surface area (Å²) in [5.41, 5.74) is 0.529. The molecule has 1 aromatic carbocycles. The molecule has 1 atom stereocenters. The van der Waals surface area contributed by atoms with E-state index in [1.54, 1.807) is 13.0 Å². The van der Waals surface area contributed by atoms with Gasteiger partial charge in [0, 0.05) is 12.5 Å². The first-order chi connectivity index (χ1) is 8.33. The molecule has 102 valence electrons. The van der Waals surface area contributed by atoms with Gasteiger partial charge in [0.05, 0.1) is 4.47 Å². The molecule has 0 saturated heterocycles. The molecule has 0 heterocycles. The summed E-state index contributed by atoms with van der Waals surface area (Å²) in [6.45, 7) is 2.33. The fraction of sp³-hybridized carbons (Fsp3) is 0.500. The van der Waals surface area contributed by atoms with Crippen LogP contribution in [-0.4, -0.2) is 12.7 Å². The van der Waals surface area contributed by atoms with Crippen molar-refractivity contribution in [3.05, 3.63) is 34.1 Å². The number of halogens is 5. The number of hydrogen-bond donors (Lipinski definition) is 1. The smallest absolute Gasteiger partial charge is 0.310 e. The molecule has 1 unspecified atom stereocenters. The first kappa shape index (κ1) is 15.4. The normalized spacial score (nSPS) is 13.7. The van der Waals surface area contributed by atoms with E-state index in [-0.39, 0.29) is 6.42 Å². The third kappa shape index (κ3) is 4.94. The molecule has 0 aromatic heterocycles. The summed E-state index contributed by atoms with van der Waals surface area (Å²) in [4.78, 5) is 0. The van der Waals surface area contributed by atoms with Gasteiger partial charge in [-0.2, -0.15) is 13.2 Å². The van der Waals surface area contributed by atoms with Crippen molar-refractivity contribution in [2.45, 2.75) is 32.0 Å². The number of benzene rings is 1. The van der Waals surface area contributed by atoms with E-state index in [4.69, 9.17) is 0 Å². The van der Waals surface area contributed by atoms with Gasteiger partial charge in [-0.05, 0) is 46.6 Å². The van der Waals surface area contributed by atoms with Crippen molar-refractivity contribution in [2.24, 2.45) is 0 Å². The van der Waals surface area contributed by atoms with Crippen LogP contribution in [-0.2, 0) is 0 Å². The Labute approximate surface area is 112 Å². The van der Waals surface area contributed by atoms with Gasteiger partial charge < -0.3 is 5.32 Å². The molecular weight excluding hydrogens is 314 g/mol. The fourth-order valence-corrected chi connectivity index (χ4v) is 1.92. The Morgan fingerprint density at radius 1 is 1.33 bits per heavy atom. The van der Waals surface area contributed by atoms with E-state index in [9.17, 15) is 17.6 Å². The van der Waals surface area contributed by atoms with Crippen LogP contribution >= 0.6 is 15.9 Å². The Balaban J connectivity index is 2.80. The van der Waals surface area contributed by atoms with Gasteiger partial charge in [-0.15, -0.1) is 0 Å². The molecule has 6 heteroatoms. The van der Waals surface area contributed by atoms with Gasteiger partial charge in [0.1, 0.15) is 5.82 Å². The van der Waals surface area contributed by atoms with E-state index < -0.39 is 24.5 Å². The molecular formula is C12H14BrF4N. The average Bonchev–Trinajstić information content (AvgIpc) is 2.27. The molecule has 1 rings (SSSR count). The van der Waals surface area contributed by atoms with Gasteiger partial charge in [-0.1, -0.05) is 13.0 Å². The Bertz CT molecular complexity index is 392. The molecule has 0 aliphatic heterocycles. The van der Waals surface area contributed by atoms with Gasteiger partial charge in [0.2, 0.25) is 0 Å². The second-order valence-corrected chi connectivity index (χ2v) is 4.79. The van der Waals surface area contributed by atoms with E-state index in [0.717, 1.165) is 0 Å². The second kappa shape index (κ2) is 6.52. The lowest BCUT2D eigenvalue weighted by molar-refractivity contribution is -0.136. The van der Waals surface area contributed by atoms with Crippen LogP contribution in [0.4, 0.5) is 17.6 Å². The Morgan fingerprint density at radius 3 is 2.50 bits per heavy atom. The lowest BCUT2D eigenvalue weighted by Crippen LogP contribution is -2.23. The lowest BCUT2D eigenvalue weighted by atomic mass is 10.0. The monoisotopic (exact) mass is 327 g/mol. The summed E-state index contributed by atoms with van der Waals surface area (Å²) in [6.07, 6.45) is -5.18. The molecule has 1 nitrogen and oxygen atoms in total. The van der Waals surface area contributed by atoms with E-state index in [0.29, 0.717) is 16.6 Å². The van der Waals surface area contributed by atoms with Crippen LogP contribution in [0.15, 0.2) is 22.7 Å². The van der Waals surface area contributed by atoms with Crippen molar-refractivity contribution >= 4 is 15.9 Å². The number of alkyl halides is 3. The Kier molecular flexibility index (Phi) is 5.59. The molecule has 0 fully saturated rings. The largest absolute Gasteiger partial charge is 0.389 e. The minimum Gasteiger partial charge on any atom is -0.310 e. The predicted octanol–water partition coefficient (Wildman–Crippen LogP) is 4.58. The highest BCUT2D eigenvalue weighted by Gasteiger charge is 2.28. The highest BCUT2D eigenvalue weighted by Crippen LogP contribution is 2.29. The molecule has 18 heavy (non-hydrogen) atoms. The van der Waals surface area contributed by atoms with Crippen molar-refractivity contribution < 1.29 is 17.6 Å². The van der Waals surface area contributed by atoms with E-state index >= 15 is 0 Å². The first-order valence-electron chi connectivity index (χ1n) is 5.58. The van der Waals surface area contributed by atoms with Gasteiger partial charge >= 0.3 is 6.18 Å². The maximum atomic E-state index is 13.4. The zero-order chi connectivity index (χ0) is 13.8. The van der Waals surface area contributed by atoms with Gasteiger partial charge in [-0.3, -0.25) is 0 Å². The molecule has 0 aliphatic rings. The second-order valence-electron chi connectivity index (χ2n) is 3.94. The quantitative estimate of drug-likeness (QED) is 0.780. The molecule has 0 amide bonds. The fourth-order valence-electron chi connectivity index (χ4n) is 1.67. The first-order valence-corrected chi connectivity index (χ1v) is 6.38. The van der Waals surface area contributed by atoms with Crippen LogP contribution in [0.25, 0.3) is 0 Å². The molecule has 0 radical (unpaired) electrons. The van der Waals surface area contributed by atoms with E-state index in [2.05, 4.69) is 21.2 Å². The van der Waals surface area contributed by atoms with Crippen LogP contribution in [0.1, 0.15) is 31.4 Å². The van der Waals surface area contributed by atoms with Gasteiger partial charge in [0.25, 0.3) is 0 Å². The minimum atomic E-state index is -4.19. The van der Waals surface area contributed by atoms with Crippen LogP contribution in [0.3, 0.4) is 0 Å². The number of rotatable bonds is 5. The summed E-state index contributed by atoms with van der Waals surface area (Å²) in [5, 5.41) is 2.94. The standard InChI is InChI=1S/C12H14BrF4N/c1-2-18-11(5-6-12(15,16)17)8-3-4-9(13)10(14)7-8/h3-4,7,11,18H,2,5-6H2,1H3. The van der Waals surface area contributed by atoms with E-state index in [1.165, 1.54) is 12.1 Å². The maximum Gasteiger partial charge on any atom is 0.389 e.